The number of terminal acetylenes is 1. The van der Waals surface area contributed by atoms with Crippen LogP contribution in [0.1, 0.15) is 0 Å². The van der Waals surface area contributed by atoms with Gasteiger partial charge in [-0.1, -0.05) is 5.92 Å². The Morgan fingerprint density at radius 1 is 1.86 bits per heavy atom. The van der Waals surface area contributed by atoms with Gasteiger partial charge < -0.3 is 5.01 Å². The van der Waals surface area contributed by atoms with Crippen molar-refractivity contribution < 1.29 is 0 Å². The number of rotatable bonds is 1. The van der Waals surface area contributed by atoms with Crippen molar-refractivity contribution in [3.63, 3.8) is 0 Å². The first kappa shape index (κ1) is 6.06. The highest BCUT2D eigenvalue weighted by molar-refractivity contribution is 5.07. The molecule has 0 radical (unpaired) electrons. The van der Waals surface area contributed by atoms with E-state index in [0.717, 1.165) is 0 Å². The van der Waals surface area contributed by atoms with Crippen molar-refractivity contribution in [2.24, 2.45) is 5.84 Å². The van der Waals surface area contributed by atoms with Crippen molar-refractivity contribution in [2.45, 2.75) is 0 Å². The summed E-state index contributed by atoms with van der Waals surface area (Å²) in [6.07, 6.45) is 7.98. The smallest absolute Gasteiger partial charge is 0.0235 e. The predicted molar refractivity (Wildman–Crippen MR) is 29.9 cm³/mol. The third-order valence-electron chi connectivity index (χ3n) is 0.406. The average molecular weight is 96.1 g/mol. The minimum absolute atomic E-state index is 1.39. The molecule has 2 N–H and O–H groups in total. The van der Waals surface area contributed by atoms with E-state index in [1.165, 1.54) is 11.1 Å². The van der Waals surface area contributed by atoms with Crippen molar-refractivity contribution in [3.8, 4) is 12.3 Å². The molecular formula is C5H8N2. The zero-order valence-electron chi connectivity index (χ0n) is 4.26. The van der Waals surface area contributed by atoms with E-state index in [0.29, 0.717) is 0 Å². The van der Waals surface area contributed by atoms with Crippen LogP contribution in [0.2, 0.25) is 0 Å². The van der Waals surface area contributed by atoms with Crippen LogP contribution >= 0.6 is 0 Å². The molecule has 0 aliphatic heterocycles. The predicted octanol–water partition coefficient (Wildman–Crippen LogP) is -0.0612. The molecule has 0 rings (SSSR count). The molecule has 0 fully saturated rings. The van der Waals surface area contributed by atoms with E-state index in [9.17, 15) is 0 Å². The number of allylic oxidation sites excluding steroid dienone is 1. The summed E-state index contributed by atoms with van der Waals surface area (Å²) in [5.74, 6) is 7.43. The summed E-state index contributed by atoms with van der Waals surface area (Å²) >= 11 is 0. The maximum atomic E-state index is 5.13. The maximum Gasteiger partial charge on any atom is 0.0235 e. The minimum Gasteiger partial charge on any atom is -0.321 e. The van der Waals surface area contributed by atoms with E-state index in [1.807, 2.05) is 0 Å². The third-order valence-corrected chi connectivity index (χ3v) is 0.406. The Kier molecular flexibility index (Phi) is 2.82. The lowest BCUT2D eigenvalue weighted by molar-refractivity contribution is 0.485. The molecule has 38 valence electrons. The Hall–Kier alpha value is -0.940. The van der Waals surface area contributed by atoms with Crippen LogP contribution in [0.4, 0.5) is 0 Å². The summed E-state index contributed by atoms with van der Waals surface area (Å²) in [5, 5.41) is 1.39. The summed E-state index contributed by atoms with van der Waals surface area (Å²) in [5.41, 5.74) is 0. The van der Waals surface area contributed by atoms with E-state index in [2.05, 4.69) is 5.92 Å². The van der Waals surface area contributed by atoms with Crippen LogP contribution in [0.15, 0.2) is 12.3 Å². The van der Waals surface area contributed by atoms with E-state index in [4.69, 9.17) is 12.3 Å². The number of hydrogen-bond acceptors (Lipinski definition) is 2. The number of hydrogen-bond donors (Lipinski definition) is 1. The van der Waals surface area contributed by atoms with Gasteiger partial charge in [-0.3, -0.25) is 0 Å². The monoisotopic (exact) mass is 96.1 g/mol. The van der Waals surface area contributed by atoms with Gasteiger partial charge in [-0.25, -0.2) is 5.84 Å². The highest BCUT2D eigenvalue weighted by atomic mass is 15.4. The van der Waals surface area contributed by atoms with Crippen molar-refractivity contribution in [2.75, 3.05) is 7.05 Å². The standard InChI is InChI=1S/C5H8N2/c1-3-4-5-7(2)6/h1,4-5H,6H2,2H3/b5-4-. The first-order valence-corrected chi connectivity index (χ1v) is 1.87. The molecule has 2 heteroatoms. The molecule has 0 aliphatic rings. The molecule has 0 aliphatic carbocycles. The fourth-order valence-electron chi connectivity index (χ4n) is 0.161. The highest BCUT2D eigenvalue weighted by Crippen LogP contribution is 1.68. The second-order valence-corrected chi connectivity index (χ2v) is 1.15. The van der Waals surface area contributed by atoms with Gasteiger partial charge in [0.1, 0.15) is 0 Å². The summed E-state index contributed by atoms with van der Waals surface area (Å²) in [6, 6.07) is 0. The van der Waals surface area contributed by atoms with Crippen LogP contribution in [0.5, 0.6) is 0 Å². The Morgan fingerprint density at radius 2 is 2.43 bits per heavy atom. The molecular weight excluding hydrogens is 88.1 g/mol. The van der Waals surface area contributed by atoms with E-state index < -0.39 is 0 Å². The Balaban J connectivity index is 3.31. The zero-order valence-corrected chi connectivity index (χ0v) is 4.26. The number of hydrazine groups is 1. The van der Waals surface area contributed by atoms with Crippen molar-refractivity contribution in [3.05, 3.63) is 12.3 Å². The van der Waals surface area contributed by atoms with Gasteiger partial charge in [0.05, 0.1) is 0 Å². The summed E-state index contributed by atoms with van der Waals surface area (Å²) in [4.78, 5) is 0. The Morgan fingerprint density at radius 3 is 2.57 bits per heavy atom. The Bertz CT molecular complexity index is 97.1. The van der Waals surface area contributed by atoms with Crippen LogP contribution in [0, 0.1) is 12.3 Å². The van der Waals surface area contributed by atoms with Crippen LogP contribution in [-0.2, 0) is 0 Å². The lowest BCUT2D eigenvalue weighted by atomic mass is 10.6. The molecule has 0 atom stereocenters. The van der Waals surface area contributed by atoms with Gasteiger partial charge in [-0.05, 0) is 0 Å². The topological polar surface area (TPSA) is 29.3 Å². The lowest BCUT2D eigenvalue weighted by Crippen LogP contribution is -2.17. The van der Waals surface area contributed by atoms with Gasteiger partial charge in [-0.2, -0.15) is 0 Å². The van der Waals surface area contributed by atoms with Crippen molar-refractivity contribution >= 4 is 0 Å². The van der Waals surface area contributed by atoms with Gasteiger partial charge in [0, 0.05) is 19.3 Å². The second-order valence-electron chi connectivity index (χ2n) is 1.15. The van der Waals surface area contributed by atoms with Gasteiger partial charge in [0.2, 0.25) is 0 Å². The molecule has 0 saturated carbocycles. The van der Waals surface area contributed by atoms with Crippen LogP contribution in [0.25, 0.3) is 0 Å². The summed E-state index contributed by atoms with van der Waals surface area (Å²) in [6.45, 7) is 0. The molecule has 0 heterocycles. The van der Waals surface area contributed by atoms with E-state index in [-0.39, 0.29) is 0 Å². The molecule has 0 spiro atoms. The molecule has 0 aromatic carbocycles. The molecule has 0 amide bonds. The van der Waals surface area contributed by atoms with Gasteiger partial charge >= 0.3 is 0 Å². The van der Waals surface area contributed by atoms with Crippen molar-refractivity contribution in [1.82, 2.24) is 5.01 Å². The molecule has 2 nitrogen and oxygen atoms in total. The lowest BCUT2D eigenvalue weighted by Gasteiger charge is -1.99. The molecule has 0 aromatic rings. The molecule has 0 saturated heterocycles. The molecule has 0 bridgehead atoms. The maximum absolute atomic E-state index is 5.13. The largest absolute Gasteiger partial charge is 0.321 e. The first-order valence-electron chi connectivity index (χ1n) is 1.87. The molecule has 0 unspecified atom stereocenters. The van der Waals surface area contributed by atoms with Crippen LogP contribution in [0.3, 0.4) is 0 Å². The third kappa shape index (κ3) is 5.06. The quantitative estimate of drug-likeness (QED) is 0.281. The van der Waals surface area contributed by atoms with Crippen LogP contribution in [-0.4, -0.2) is 12.1 Å². The minimum atomic E-state index is 1.39. The molecule has 0 aromatic heterocycles. The fraction of sp³-hybridized carbons (Fsp3) is 0.200. The number of nitrogens with two attached hydrogens (primary N) is 1. The highest BCUT2D eigenvalue weighted by Gasteiger charge is 1.67. The number of nitrogens with zero attached hydrogens (tertiary/aromatic N) is 1. The van der Waals surface area contributed by atoms with Crippen LogP contribution < -0.4 is 5.84 Å². The fourth-order valence-corrected chi connectivity index (χ4v) is 0.161. The Labute approximate surface area is 43.6 Å². The summed E-state index contributed by atoms with van der Waals surface area (Å²) < 4.78 is 0. The van der Waals surface area contributed by atoms with Gasteiger partial charge in [0.25, 0.3) is 0 Å². The summed E-state index contributed by atoms with van der Waals surface area (Å²) in [7, 11) is 1.70. The first-order chi connectivity index (χ1) is 3.27. The zero-order chi connectivity index (χ0) is 5.70. The second kappa shape index (κ2) is 3.26. The van der Waals surface area contributed by atoms with E-state index >= 15 is 0 Å². The molecule has 7 heavy (non-hydrogen) atoms. The van der Waals surface area contributed by atoms with Gasteiger partial charge in [0.15, 0.2) is 0 Å². The average Bonchev–Trinajstić information content (AvgIpc) is 1.61. The van der Waals surface area contributed by atoms with Crippen molar-refractivity contribution in [1.29, 1.82) is 0 Å². The van der Waals surface area contributed by atoms with E-state index in [1.54, 1.807) is 13.2 Å². The SMILES string of the molecule is C#C/C=C\N(C)N. The normalized spacial score (nSPS) is 8.71. The van der Waals surface area contributed by atoms with Gasteiger partial charge in [-0.15, -0.1) is 6.42 Å².